The van der Waals surface area contributed by atoms with Crippen LogP contribution in [0.2, 0.25) is 0 Å². The van der Waals surface area contributed by atoms with Gasteiger partial charge in [0.1, 0.15) is 11.6 Å². The first-order chi connectivity index (χ1) is 13.9. The predicted molar refractivity (Wildman–Crippen MR) is 105 cm³/mol. The highest BCUT2D eigenvalue weighted by atomic mass is 32.2. The molecule has 9 heteroatoms. The number of carbonyl (C=O) groups is 1. The number of benzene rings is 2. The van der Waals surface area contributed by atoms with Gasteiger partial charge in [-0.15, -0.1) is 0 Å². The van der Waals surface area contributed by atoms with Gasteiger partial charge in [0.05, 0.1) is 36.7 Å². The summed E-state index contributed by atoms with van der Waals surface area (Å²) in [5.41, 5.74) is 0.416. The van der Waals surface area contributed by atoms with E-state index in [0.29, 0.717) is 16.1 Å². The molecule has 0 aliphatic heterocycles. The smallest absolute Gasteiger partial charge is 0.337 e. The van der Waals surface area contributed by atoms with Crippen molar-refractivity contribution < 1.29 is 23.0 Å². The van der Waals surface area contributed by atoms with Crippen molar-refractivity contribution in [3.8, 4) is 0 Å². The Bertz CT molecular complexity index is 1120. The van der Waals surface area contributed by atoms with Gasteiger partial charge >= 0.3 is 5.97 Å². The van der Waals surface area contributed by atoms with Gasteiger partial charge in [-0.25, -0.2) is 18.6 Å². The lowest BCUT2D eigenvalue weighted by molar-refractivity contribution is 0.0601. The maximum atomic E-state index is 13.9. The summed E-state index contributed by atoms with van der Waals surface area (Å²) < 4.78 is 38.6. The minimum atomic E-state index is -0.548. The minimum absolute atomic E-state index is 0.0746. The fraction of sp³-hybridized carbons (Fsp3) is 0.250. The number of rotatable bonds is 7. The molecule has 29 heavy (non-hydrogen) atoms. The number of methoxy groups -OCH3 is 2. The average Bonchev–Trinajstić information content (AvgIpc) is 2.73. The maximum absolute atomic E-state index is 13.9. The summed E-state index contributed by atoms with van der Waals surface area (Å²) in [5.74, 6) is -1.56. The van der Waals surface area contributed by atoms with Crippen LogP contribution in [0.15, 0.2) is 46.3 Å². The molecular weight excluding hydrogens is 402 g/mol. The number of fused-ring (bicyclic) bond motifs is 1. The highest BCUT2D eigenvalue weighted by Crippen LogP contribution is 2.24. The maximum Gasteiger partial charge on any atom is 0.337 e. The zero-order chi connectivity index (χ0) is 21.0. The van der Waals surface area contributed by atoms with Crippen molar-refractivity contribution in [2.45, 2.75) is 17.5 Å². The second-order valence-corrected chi connectivity index (χ2v) is 7.03. The highest BCUT2D eigenvalue weighted by molar-refractivity contribution is 7.98. The second-order valence-electron chi connectivity index (χ2n) is 6.09. The Hall–Kier alpha value is -2.78. The Labute approximate surface area is 169 Å². The van der Waals surface area contributed by atoms with Crippen LogP contribution in [0.1, 0.15) is 15.9 Å². The summed E-state index contributed by atoms with van der Waals surface area (Å²) in [6, 6.07) is 7.68. The first kappa shape index (κ1) is 20.9. The van der Waals surface area contributed by atoms with Gasteiger partial charge in [0.25, 0.3) is 5.56 Å². The van der Waals surface area contributed by atoms with Gasteiger partial charge in [0, 0.05) is 18.4 Å². The van der Waals surface area contributed by atoms with Crippen molar-refractivity contribution in [3.63, 3.8) is 0 Å². The third kappa shape index (κ3) is 4.63. The van der Waals surface area contributed by atoms with E-state index in [9.17, 15) is 18.4 Å². The summed E-state index contributed by atoms with van der Waals surface area (Å²) in [7, 11) is 2.77. The number of esters is 1. The Morgan fingerprint density at radius 3 is 2.69 bits per heavy atom. The van der Waals surface area contributed by atoms with Crippen LogP contribution in [0, 0.1) is 11.6 Å². The zero-order valence-electron chi connectivity index (χ0n) is 15.8. The number of thioether (sulfide) groups is 1. The number of hydrogen-bond donors (Lipinski definition) is 0. The molecule has 152 valence electrons. The van der Waals surface area contributed by atoms with Gasteiger partial charge in [-0.1, -0.05) is 11.8 Å². The van der Waals surface area contributed by atoms with Gasteiger partial charge in [0.15, 0.2) is 5.16 Å². The van der Waals surface area contributed by atoms with Crippen molar-refractivity contribution in [1.29, 1.82) is 0 Å². The highest BCUT2D eigenvalue weighted by Gasteiger charge is 2.15. The van der Waals surface area contributed by atoms with Crippen LogP contribution >= 0.6 is 11.8 Å². The molecule has 0 bridgehead atoms. The molecule has 2 aromatic carbocycles. The van der Waals surface area contributed by atoms with E-state index in [2.05, 4.69) is 4.98 Å². The number of hydrogen-bond acceptors (Lipinski definition) is 6. The van der Waals surface area contributed by atoms with E-state index in [0.717, 1.165) is 30.0 Å². The summed E-state index contributed by atoms with van der Waals surface area (Å²) >= 11 is 1.10. The Morgan fingerprint density at radius 2 is 1.97 bits per heavy atom. The van der Waals surface area contributed by atoms with Crippen molar-refractivity contribution in [3.05, 3.63) is 69.5 Å². The number of halogens is 2. The number of carbonyl (C=O) groups excluding carboxylic acids is 1. The van der Waals surface area contributed by atoms with Crippen molar-refractivity contribution >= 4 is 28.6 Å². The molecular formula is C20H18F2N2O4S. The quantitative estimate of drug-likeness (QED) is 0.332. The molecule has 0 fully saturated rings. The lowest BCUT2D eigenvalue weighted by Crippen LogP contribution is -2.25. The van der Waals surface area contributed by atoms with Crippen LogP contribution < -0.4 is 5.56 Å². The van der Waals surface area contributed by atoms with Crippen molar-refractivity contribution in [2.24, 2.45) is 0 Å². The third-order valence-corrected chi connectivity index (χ3v) is 5.25. The lowest BCUT2D eigenvalue weighted by Gasteiger charge is -2.13. The Kier molecular flexibility index (Phi) is 6.60. The molecule has 3 aromatic rings. The number of nitrogens with zero attached hydrogens (tertiary/aromatic N) is 2. The Morgan fingerprint density at radius 1 is 1.17 bits per heavy atom. The zero-order valence-corrected chi connectivity index (χ0v) is 16.6. The fourth-order valence-corrected chi connectivity index (χ4v) is 3.73. The van der Waals surface area contributed by atoms with Crippen LogP contribution in [-0.4, -0.2) is 36.3 Å². The van der Waals surface area contributed by atoms with E-state index in [1.165, 1.54) is 37.0 Å². The number of aromatic nitrogens is 2. The van der Waals surface area contributed by atoms with Crippen LogP contribution in [0.25, 0.3) is 10.9 Å². The first-order valence-electron chi connectivity index (χ1n) is 8.63. The third-order valence-electron chi connectivity index (χ3n) is 4.22. The molecule has 0 atom stereocenters. The second kappa shape index (κ2) is 9.15. The molecule has 0 aliphatic carbocycles. The molecule has 0 unspecified atom stereocenters. The number of ether oxygens (including phenoxy) is 2. The lowest BCUT2D eigenvalue weighted by atomic mass is 10.1. The molecule has 0 aliphatic rings. The normalized spacial score (nSPS) is 11.0. The molecule has 0 amide bonds. The molecule has 0 saturated heterocycles. The van der Waals surface area contributed by atoms with E-state index in [4.69, 9.17) is 9.47 Å². The van der Waals surface area contributed by atoms with E-state index >= 15 is 0 Å². The van der Waals surface area contributed by atoms with Gasteiger partial charge in [-0.3, -0.25) is 9.36 Å². The molecule has 0 saturated carbocycles. The molecule has 0 spiro atoms. The van der Waals surface area contributed by atoms with Crippen molar-refractivity contribution in [2.75, 3.05) is 20.8 Å². The van der Waals surface area contributed by atoms with Crippen LogP contribution in [0.3, 0.4) is 0 Å². The first-order valence-corrected chi connectivity index (χ1v) is 9.61. The monoisotopic (exact) mass is 420 g/mol. The fourth-order valence-electron chi connectivity index (χ4n) is 2.73. The van der Waals surface area contributed by atoms with Crippen LogP contribution in [0.5, 0.6) is 0 Å². The van der Waals surface area contributed by atoms with Crippen LogP contribution in [-0.2, 0) is 21.8 Å². The predicted octanol–water partition coefficient (Wildman–Crippen LogP) is 3.40. The van der Waals surface area contributed by atoms with Gasteiger partial charge in [-0.2, -0.15) is 0 Å². The molecule has 3 rings (SSSR count). The van der Waals surface area contributed by atoms with E-state index in [-0.39, 0.29) is 35.6 Å². The van der Waals surface area contributed by atoms with Crippen LogP contribution in [0.4, 0.5) is 8.78 Å². The summed E-state index contributed by atoms with van der Waals surface area (Å²) in [6.45, 7) is 0.514. The minimum Gasteiger partial charge on any atom is -0.465 e. The van der Waals surface area contributed by atoms with E-state index in [1.807, 2.05) is 0 Å². The molecule has 1 heterocycles. The standard InChI is InChI=1S/C20H18F2N2O4S/c1-27-8-7-24-18(25)15-5-3-12(19(26)28-2)10-17(15)23-20(24)29-11-13-9-14(21)4-6-16(13)22/h3-6,9-10H,7-8,11H2,1-2H3. The summed E-state index contributed by atoms with van der Waals surface area (Å²) in [5, 5.41) is 0.639. The summed E-state index contributed by atoms with van der Waals surface area (Å²) in [4.78, 5) is 29.2. The topological polar surface area (TPSA) is 70.4 Å². The average molecular weight is 420 g/mol. The largest absolute Gasteiger partial charge is 0.465 e. The molecule has 0 radical (unpaired) electrons. The molecule has 0 N–H and O–H groups in total. The van der Waals surface area contributed by atoms with Gasteiger partial charge < -0.3 is 9.47 Å². The SMILES string of the molecule is COCCn1c(SCc2cc(F)ccc2F)nc2cc(C(=O)OC)ccc2c1=O. The molecule has 1 aromatic heterocycles. The Balaban J connectivity index is 2.05. The van der Waals surface area contributed by atoms with E-state index in [1.54, 1.807) is 0 Å². The van der Waals surface area contributed by atoms with Crippen molar-refractivity contribution in [1.82, 2.24) is 9.55 Å². The van der Waals surface area contributed by atoms with Gasteiger partial charge in [-0.05, 0) is 36.4 Å². The van der Waals surface area contributed by atoms with E-state index < -0.39 is 17.6 Å². The molecule has 6 nitrogen and oxygen atoms in total. The van der Waals surface area contributed by atoms with Gasteiger partial charge in [0.2, 0.25) is 0 Å². The summed E-state index contributed by atoms with van der Waals surface area (Å²) in [6.07, 6.45) is 0.